The molecule has 0 atom stereocenters. The number of hydrogen-bond donors (Lipinski definition) is 2. The predicted octanol–water partition coefficient (Wildman–Crippen LogP) is 5.17. The van der Waals surface area contributed by atoms with Crippen molar-refractivity contribution >= 4 is 11.8 Å². The van der Waals surface area contributed by atoms with Crippen molar-refractivity contribution in [3.63, 3.8) is 0 Å². The third kappa shape index (κ3) is 6.24. The van der Waals surface area contributed by atoms with E-state index in [4.69, 9.17) is 14.6 Å². The minimum atomic E-state index is -0.949. The fourth-order valence-electron chi connectivity index (χ4n) is 3.09. The Morgan fingerprint density at radius 2 is 1.60 bits per heavy atom. The van der Waals surface area contributed by atoms with Crippen LogP contribution in [-0.4, -0.2) is 35.2 Å². The van der Waals surface area contributed by atoms with Crippen molar-refractivity contribution in [1.82, 2.24) is 0 Å². The Kier molecular flexibility index (Phi) is 8.27. The van der Waals surface area contributed by atoms with E-state index in [2.05, 4.69) is 0 Å². The molecule has 0 heterocycles. The summed E-state index contributed by atoms with van der Waals surface area (Å²) in [4.78, 5) is 23.3. The first-order chi connectivity index (χ1) is 14.2. The fraction of sp³-hybridized carbons (Fsp3) is 0.417. The number of aromatic carboxylic acids is 1. The van der Waals surface area contributed by atoms with Gasteiger partial charge in [-0.3, -0.25) is 4.79 Å². The van der Waals surface area contributed by atoms with Crippen molar-refractivity contribution in [3.8, 4) is 17.2 Å². The summed E-state index contributed by atoms with van der Waals surface area (Å²) in [6, 6.07) is 8.26. The van der Waals surface area contributed by atoms with E-state index in [-0.39, 0.29) is 23.0 Å². The second kappa shape index (κ2) is 10.7. The zero-order valence-electron chi connectivity index (χ0n) is 18.0. The van der Waals surface area contributed by atoms with E-state index >= 15 is 0 Å². The first kappa shape index (κ1) is 23.3. The Balaban J connectivity index is 1.79. The highest BCUT2D eigenvalue weighted by Gasteiger charge is 2.17. The molecule has 0 fully saturated rings. The number of carboxylic acids is 1. The summed E-state index contributed by atoms with van der Waals surface area (Å²) >= 11 is 0. The molecule has 0 aliphatic heterocycles. The van der Waals surface area contributed by atoms with Gasteiger partial charge in [0.05, 0.1) is 24.3 Å². The number of hydrogen-bond acceptors (Lipinski definition) is 5. The minimum absolute atomic E-state index is 0.0124. The smallest absolute Gasteiger partial charge is 0.335 e. The number of phenolic OH excluding ortho intramolecular Hbond substituents is 1. The van der Waals surface area contributed by atoms with E-state index in [0.717, 1.165) is 12.8 Å². The summed E-state index contributed by atoms with van der Waals surface area (Å²) in [7, 11) is 0. The largest absolute Gasteiger partial charge is 0.507 e. The van der Waals surface area contributed by atoms with Crippen molar-refractivity contribution in [2.75, 3.05) is 13.2 Å². The number of ether oxygens (including phenoxy) is 2. The van der Waals surface area contributed by atoms with Gasteiger partial charge < -0.3 is 19.7 Å². The summed E-state index contributed by atoms with van der Waals surface area (Å²) in [5, 5.41) is 19.4. The number of unbranched alkanes of at least 4 members (excludes halogenated alkanes) is 1. The lowest BCUT2D eigenvalue weighted by atomic mass is 9.98. The van der Waals surface area contributed by atoms with Crippen LogP contribution in [0.2, 0.25) is 0 Å². The number of Topliss-reactive ketones (excluding diaryl/α,β-unsaturated/α-hetero) is 1. The molecule has 0 aliphatic carbocycles. The van der Waals surface area contributed by atoms with E-state index in [1.807, 2.05) is 13.8 Å². The summed E-state index contributed by atoms with van der Waals surface area (Å²) in [6.07, 6.45) is 1.90. The molecule has 0 unspecified atom stereocenters. The third-order valence-corrected chi connectivity index (χ3v) is 4.77. The summed E-state index contributed by atoms with van der Waals surface area (Å²) in [5.74, 6) is 0.405. The highest BCUT2D eigenvalue weighted by atomic mass is 16.5. The van der Waals surface area contributed by atoms with Crippen LogP contribution in [0.15, 0.2) is 30.3 Å². The zero-order valence-corrected chi connectivity index (χ0v) is 18.0. The minimum Gasteiger partial charge on any atom is -0.507 e. The number of carbonyl (C=O) groups is 2. The number of ketones is 1. The Labute approximate surface area is 177 Å². The Morgan fingerprint density at radius 3 is 2.20 bits per heavy atom. The molecular formula is C24H30O6. The topological polar surface area (TPSA) is 93.1 Å². The number of carboxylic acid groups (broad SMARTS) is 1. The molecule has 162 valence electrons. The maximum atomic E-state index is 12.2. The molecule has 0 aliphatic rings. The molecule has 0 radical (unpaired) electrons. The number of aromatic hydroxyl groups is 1. The number of benzene rings is 2. The van der Waals surface area contributed by atoms with Gasteiger partial charge in [0.2, 0.25) is 0 Å². The van der Waals surface area contributed by atoms with Gasteiger partial charge in [0.1, 0.15) is 17.2 Å². The Hall–Kier alpha value is -3.02. The normalized spacial score (nSPS) is 10.8. The molecule has 30 heavy (non-hydrogen) atoms. The summed E-state index contributed by atoms with van der Waals surface area (Å²) in [5.41, 5.74) is 1.83. The van der Waals surface area contributed by atoms with E-state index in [9.17, 15) is 14.7 Å². The number of aryl methyl sites for hydroxylation is 1. The van der Waals surface area contributed by atoms with Crippen LogP contribution in [0.4, 0.5) is 0 Å². The molecule has 2 aromatic carbocycles. The second-order valence-corrected chi connectivity index (χ2v) is 7.79. The highest BCUT2D eigenvalue weighted by Crippen LogP contribution is 2.32. The highest BCUT2D eigenvalue weighted by molar-refractivity contribution is 5.99. The summed E-state index contributed by atoms with van der Waals surface area (Å²) in [6.45, 7) is 8.36. The lowest BCUT2D eigenvalue weighted by Crippen LogP contribution is -2.06. The molecular weight excluding hydrogens is 384 g/mol. The van der Waals surface area contributed by atoms with Crippen molar-refractivity contribution < 1.29 is 29.3 Å². The van der Waals surface area contributed by atoms with Gasteiger partial charge >= 0.3 is 5.97 Å². The molecule has 6 heteroatoms. The molecule has 6 nitrogen and oxygen atoms in total. The van der Waals surface area contributed by atoms with Crippen LogP contribution in [0.25, 0.3) is 0 Å². The van der Waals surface area contributed by atoms with E-state index in [0.29, 0.717) is 47.8 Å². The molecule has 2 aromatic rings. The van der Waals surface area contributed by atoms with Crippen molar-refractivity contribution in [1.29, 1.82) is 0 Å². The maximum Gasteiger partial charge on any atom is 0.335 e. The molecule has 2 rings (SSSR count). The van der Waals surface area contributed by atoms with Crippen molar-refractivity contribution in [2.24, 2.45) is 5.92 Å². The molecule has 0 bridgehead atoms. The number of carbonyl (C=O) groups excluding carboxylic acids is 1. The van der Waals surface area contributed by atoms with Gasteiger partial charge in [-0.15, -0.1) is 0 Å². The number of rotatable bonds is 11. The first-order valence-corrected chi connectivity index (χ1v) is 10.2. The third-order valence-electron chi connectivity index (χ3n) is 4.77. The number of phenols is 1. The SMILES string of the molecule is Cc1cc(OCCCCOc2ccc(C(=O)CC(C)C)c(O)c2C)ccc1C(=O)O. The van der Waals surface area contributed by atoms with Gasteiger partial charge in [-0.25, -0.2) is 4.79 Å². The zero-order chi connectivity index (χ0) is 22.3. The lowest BCUT2D eigenvalue weighted by molar-refractivity contribution is 0.0695. The van der Waals surface area contributed by atoms with Crippen LogP contribution in [0.3, 0.4) is 0 Å². The molecule has 0 saturated heterocycles. The van der Waals surface area contributed by atoms with Crippen LogP contribution in [-0.2, 0) is 0 Å². The summed E-state index contributed by atoms with van der Waals surface area (Å²) < 4.78 is 11.4. The Bertz CT molecular complexity index is 901. The molecule has 2 N–H and O–H groups in total. The van der Waals surface area contributed by atoms with Crippen LogP contribution in [0, 0.1) is 19.8 Å². The monoisotopic (exact) mass is 414 g/mol. The van der Waals surface area contributed by atoms with Crippen molar-refractivity contribution in [2.45, 2.75) is 47.0 Å². The van der Waals surface area contributed by atoms with Crippen LogP contribution in [0.5, 0.6) is 17.2 Å². The molecule has 0 spiro atoms. The first-order valence-electron chi connectivity index (χ1n) is 10.2. The predicted molar refractivity (Wildman–Crippen MR) is 115 cm³/mol. The van der Waals surface area contributed by atoms with E-state index < -0.39 is 5.97 Å². The second-order valence-electron chi connectivity index (χ2n) is 7.79. The average molecular weight is 414 g/mol. The van der Waals surface area contributed by atoms with Crippen LogP contribution in [0.1, 0.15) is 65.0 Å². The maximum absolute atomic E-state index is 12.2. The molecule has 0 saturated carbocycles. The van der Waals surface area contributed by atoms with Crippen LogP contribution >= 0.6 is 0 Å². The molecule has 0 amide bonds. The van der Waals surface area contributed by atoms with Crippen molar-refractivity contribution in [3.05, 3.63) is 52.6 Å². The van der Waals surface area contributed by atoms with Crippen LogP contribution < -0.4 is 9.47 Å². The standard InChI is InChI=1S/C24H30O6/c1-15(2)13-21(25)20-9-10-22(17(4)23(20)26)30-12-6-5-11-29-18-7-8-19(24(27)28)16(3)14-18/h7-10,14-15,26H,5-6,11-13H2,1-4H3,(H,27,28). The van der Waals surface area contributed by atoms with Gasteiger partial charge in [0.25, 0.3) is 0 Å². The Morgan fingerprint density at radius 1 is 0.967 bits per heavy atom. The van der Waals surface area contributed by atoms with E-state index in [1.165, 1.54) is 0 Å². The van der Waals surface area contributed by atoms with Gasteiger partial charge in [-0.1, -0.05) is 13.8 Å². The van der Waals surface area contributed by atoms with Gasteiger partial charge in [0.15, 0.2) is 5.78 Å². The van der Waals surface area contributed by atoms with Gasteiger partial charge in [-0.2, -0.15) is 0 Å². The average Bonchev–Trinajstić information content (AvgIpc) is 2.66. The van der Waals surface area contributed by atoms with E-state index in [1.54, 1.807) is 44.2 Å². The molecule has 0 aromatic heterocycles. The fourth-order valence-corrected chi connectivity index (χ4v) is 3.09. The van der Waals surface area contributed by atoms with Gasteiger partial charge in [-0.05, 0) is 68.5 Å². The quantitative estimate of drug-likeness (QED) is 0.389. The van der Waals surface area contributed by atoms with Gasteiger partial charge in [0, 0.05) is 12.0 Å². The lowest BCUT2D eigenvalue weighted by Gasteiger charge is -2.13.